The van der Waals surface area contributed by atoms with Crippen LogP contribution >= 0.6 is 0 Å². The monoisotopic (exact) mass is 436 g/mol. The van der Waals surface area contributed by atoms with Crippen LogP contribution in [0.5, 0.6) is 5.75 Å². The lowest BCUT2D eigenvalue weighted by Gasteiger charge is -2.24. The molecule has 1 heterocycles. The largest absolute Gasteiger partial charge is 0.483 e. The molecule has 0 radical (unpaired) electrons. The summed E-state index contributed by atoms with van der Waals surface area (Å²) in [6.07, 6.45) is 7.16. The number of rotatable bonds is 7. The molecular formula is C25H28N2O5. The van der Waals surface area contributed by atoms with E-state index in [2.05, 4.69) is 0 Å². The third kappa shape index (κ3) is 4.47. The molecule has 0 spiro atoms. The minimum atomic E-state index is -0.928. The van der Waals surface area contributed by atoms with E-state index in [9.17, 15) is 20.0 Å². The molecule has 0 saturated heterocycles. The Morgan fingerprint density at radius 3 is 2.66 bits per heavy atom. The summed E-state index contributed by atoms with van der Waals surface area (Å²) in [6, 6.07) is 11.3. The molecule has 1 N–H and O–H groups in total. The molecule has 1 atom stereocenters. The van der Waals surface area contributed by atoms with Gasteiger partial charge in [0.1, 0.15) is 0 Å². The Kier molecular flexibility index (Phi) is 6.17. The van der Waals surface area contributed by atoms with Gasteiger partial charge in [-0.15, -0.1) is 0 Å². The average Bonchev–Trinajstić information content (AvgIpc) is 3.15. The van der Waals surface area contributed by atoms with Crippen LogP contribution in [0.4, 0.5) is 5.69 Å². The predicted octanol–water partition coefficient (Wildman–Crippen LogP) is 5.73. The zero-order valence-corrected chi connectivity index (χ0v) is 18.4. The van der Waals surface area contributed by atoms with Gasteiger partial charge >= 0.3 is 11.7 Å². The summed E-state index contributed by atoms with van der Waals surface area (Å²) in [5.41, 5.74) is 3.04. The molecular weight excluding hydrogens is 408 g/mol. The maximum atomic E-state index is 12.0. The van der Waals surface area contributed by atoms with E-state index in [-0.39, 0.29) is 24.0 Å². The standard InChI is InChI=1S/C25H28N2O5/c1-16(25(28)29)12-17-13-21(18-8-9-22-19(15-18)10-11-26(22)2)24(23(14-17)27(30)31)32-20-6-4-3-5-7-20/h8-11,13-16,20H,3-7,12H2,1-2H3,(H,28,29). The second kappa shape index (κ2) is 9.02. The van der Waals surface area contributed by atoms with Crippen LogP contribution in [0.3, 0.4) is 0 Å². The third-order valence-electron chi connectivity index (χ3n) is 6.32. The van der Waals surface area contributed by atoms with Crippen molar-refractivity contribution < 1.29 is 19.6 Å². The van der Waals surface area contributed by atoms with Gasteiger partial charge in [-0.25, -0.2) is 0 Å². The molecule has 7 nitrogen and oxygen atoms in total. The van der Waals surface area contributed by atoms with E-state index < -0.39 is 16.8 Å². The number of aryl methyl sites for hydroxylation is 1. The van der Waals surface area contributed by atoms with Crippen molar-refractivity contribution in [2.24, 2.45) is 13.0 Å². The van der Waals surface area contributed by atoms with Gasteiger partial charge in [-0.1, -0.05) is 19.4 Å². The van der Waals surface area contributed by atoms with Crippen LogP contribution in [0.2, 0.25) is 0 Å². The Hall–Kier alpha value is -3.35. The topological polar surface area (TPSA) is 94.6 Å². The van der Waals surface area contributed by atoms with Crippen LogP contribution in [0.15, 0.2) is 42.6 Å². The highest BCUT2D eigenvalue weighted by Crippen LogP contribution is 2.42. The number of ether oxygens (including phenoxy) is 1. The zero-order chi connectivity index (χ0) is 22.8. The van der Waals surface area contributed by atoms with E-state index in [4.69, 9.17) is 4.74 Å². The van der Waals surface area contributed by atoms with E-state index in [1.807, 2.05) is 48.1 Å². The number of hydrogen-bond acceptors (Lipinski definition) is 4. The minimum Gasteiger partial charge on any atom is -0.483 e. The van der Waals surface area contributed by atoms with Crippen molar-refractivity contribution in [3.8, 4) is 16.9 Å². The number of nitrogens with zero attached hydrogens (tertiary/aromatic N) is 2. The summed E-state index contributed by atoms with van der Waals surface area (Å²) in [5, 5.41) is 22.4. The lowest BCUT2D eigenvalue weighted by molar-refractivity contribution is -0.386. The molecule has 3 aromatic rings. The summed E-state index contributed by atoms with van der Waals surface area (Å²) < 4.78 is 8.31. The van der Waals surface area contributed by atoms with Crippen molar-refractivity contribution >= 4 is 22.6 Å². The number of nitro benzene ring substituents is 1. The molecule has 1 aliphatic carbocycles. The third-order valence-corrected chi connectivity index (χ3v) is 6.32. The molecule has 1 aromatic heterocycles. The predicted molar refractivity (Wildman–Crippen MR) is 123 cm³/mol. The number of aliphatic carboxylic acids is 1. The van der Waals surface area contributed by atoms with Gasteiger partial charge in [0, 0.05) is 35.8 Å². The molecule has 1 saturated carbocycles. The normalized spacial score (nSPS) is 15.6. The highest BCUT2D eigenvalue weighted by molar-refractivity contribution is 5.88. The molecule has 7 heteroatoms. The summed E-state index contributed by atoms with van der Waals surface area (Å²) in [7, 11) is 1.97. The number of fused-ring (bicyclic) bond motifs is 1. The Morgan fingerprint density at radius 1 is 1.22 bits per heavy atom. The minimum absolute atomic E-state index is 0.0505. The molecule has 0 amide bonds. The Balaban J connectivity index is 1.86. The molecule has 4 rings (SSSR count). The fourth-order valence-electron chi connectivity index (χ4n) is 4.50. The average molecular weight is 437 g/mol. The Labute approximate surface area is 186 Å². The van der Waals surface area contributed by atoms with E-state index in [1.165, 1.54) is 6.07 Å². The Morgan fingerprint density at radius 2 is 1.97 bits per heavy atom. The lowest BCUT2D eigenvalue weighted by atomic mass is 9.94. The van der Waals surface area contributed by atoms with Crippen LogP contribution in [0.1, 0.15) is 44.6 Å². The van der Waals surface area contributed by atoms with Gasteiger partial charge in [-0.05, 0) is 67.5 Å². The van der Waals surface area contributed by atoms with Gasteiger partial charge < -0.3 is 14.4 Å². The number of benzene rings is 2. The first-order valence-corrected chi connectivity index (χ1v) is 11.1. The molecule has 2 aromatic carbocycles. The SMILES string of the molecule is CC(Cc1cc(-c2ccc3c(ccn3C)c2)c(OC2CCCCC2)c([N+](=O)[O-])c1)C(=O)O. The number of carboxylic acid groups (broad SMARTS) is 1. The van der Waals surface area contributed by atoms with E-state index >= 15 is 0 Å². The van der Waals surface area contributed by atoms with E-state index in [0.717, 1.165) is 48.6 Å². The lowest BCUT2D eigenvalue weighted by Crippen LogP contribution is -2.20. The Bertz CT molecular complexity index is 1160. The van der Waals surface area contributed by atoms with Gasteiger partial charge in [-0.2, -0.15) is 0 Å². The molecule has 1 aliphatic rings. The quantitative estimate of drug-likeness (QED) is 0.377. The van der Waals surface area contributed by atoms with Crippen LogP contribution in [0.25, 0.3) is 22.0 Å². The van der Waals surface area contributed by atoms with Crippen molar-refractivity contribution in [1.82, 2.24) is 4.57 Å². The van der Waals surface area contributed by atoms with Gasteiger partial charge in [0.05, 0.1) is 16.9 Å². The van der Waals surface area contributed by atoms with Crippen LogP contribution in [0, 0.1) is 16.0 Å². The van der Waals surface area contributed by atoms with Crippen LogP contribution in [-0.2, 0) is 18.3 Å². The number of carboxylic acids is 1. The van der Waals surface area contributed by atoms with E-state index in [0.29, 0.717) is 11.1 Å². The molecule has 1 unspecified atom stereocenters. The number of aromatic nitrogens is 1. The number of nitro groups is 1. The van der Waals surface area contributed by atoms with Crippen LogP contribution < -0.4 is 4.74 Å². The van der Waals surface area contributed by atoms with Crippen molar-refractivity contribution in [2.75, 3.05) is 0 Å². The van der Waals surface area contributed by atoms with Gasteiger partial charge in [-0.3, -0.25) is 14.9 Å². The first-order chi connectivity index (χ1) is 15.3. The zero-order valence-electron chi connectivity index (χ0n) is 18.4. The number of hydrogen-bond donors (Lipinski definition) is 1. The summed E-state index contributed by atoms with van der Waals surface area (Å²) in [5.74, 6) is -1.30. The summed E-state index contributed by atoms with van der Waals surface area (Å²) in [4.78, 5) is 23.0. The van der Waals surface area contributed by atoms with E-state index in [1.54, 1.807) is 6.92 Å². The number of carbonyl (C=O) groups is 1. The first-order valence-electron chi connectivity index (χ1n) is 11.1. The van der Waals surface area contributed by atoms with Gasteiger partial charge in [0.25, 0.3) is 0 Å². The van der Waals surface area contributed by atoms with Crippen molar-refractivity contribution in [3.63, 3.8) is 0 Å². The summed E-state index contributed by atoms with van der Waals surface area (Å²) in [6.45, 7) is 1.61. The molecule has 1 fully saturated rings. The fourth-order valence-corrected chi connectivity index (χ4v) is 4.50. The highest BCUT2D eigenvalue weighted by atomic mass is 16.6. The van der Waals surface area contributed by atoms with Gasteiger partial charge in [0.15, 0.2) is 0 Å². The molecule has 168 valence electrons. The smallest absolute Gasteiger partial charge is 0.311 e. The second-order valence-electron chi connectivity index (χ2n) is 8.77. The van der Waals surface area contributed by atoms with Crippen LogP contribution in [-0.4, -0.2) is 26.7 Å². The van der Waals surface area contributed by atoms with Crippen molar-refractivity contribution in [1.29, 1.82) is 0 Å². The first kappa shape index (κ1) is 21.9. The molecule has 32 heavy (non-hydrogen) atoms. The molecule has 0 aliphatic heterocycles. The molecule has 0 bridgehead atoms. The maximum Gasteiger partial charge on any atom is 0.311 e. The maximum absolute atomic E-state index is 12.0. The van der Waals surface area contributed by atoms with Gasteiger partial charge in [0.2, 0.25) is 5.75 Å². The van der Waals surface area contributed by atoms with Crippen molar-refractivity contribution in [2.45, 2.75) is 51.6 Å². The highest BCUT2D eigenvalue weighted by Gasteiger charge is 2.27. The fraction of sp³-hybridized carbons (Fsp3) is 0.400. The summed E-state index contributed by atoms with van der Waals surface area (Å²) >= 11 is 0. The van der Waals surface area contributed by atoms with Crippen molar-refractivity contribution in [3.05, 3.63) is 58.3 Å². The second-order valence-corrected chi connectivity index (χ2v) is 8.77.